The number of nitrogens with zero attached hydrogens (tertiary/aromatic N) is 1. The standard InChI is InChI=1S/C10H13NO4/c1-15-7-8(6-12)9-4-2-3-5-10(9)11(13)14/h2-5,8,12H,6-7H2,1H3. The minimum atomic E-state index is -0.451. The third kappa shape index (κ3) is 2.74. The van der Waals surface area contributed by atoms with Gasteiger partial charge in [0, 0.05) is 24.7 Å². The first-order chi connectivity index (χ1) is 7.20. The number of aliphatic hydroxyl groups excluding tert-OH is 1. The molecule has 0 bridgehead atoms. The van der Waals surface area contributed by atoms with E-state index >= 15 is 0 Å². The molecule has 1 N–H and O–H groups in total. The predicted octanol–water partition coefficient (Wildman–Crippen LogP) is 1.32. The van der Waals surface area contributed by atoms with Gasteiger partial charge in [0.1, 0.15) is 0 Å². The average molecular weight is 211 g/mol. The van der Waals surface area contributed by atoms with Crippen LogP contribution in [0.2, 0.25) is 0 Å². The van der Waals surface area contributed by atoms with Gasteiger partial charge >= 0.3 is 0 Å². The van der Waals surface area contributed by atoms with Crippen molar-refractivity contribution in [2.45, 2.75) is 5.92 Å². The van der Waals surface area contributed by atoms with Gasteiger partial charge in [-0.2, -0.15) is 0 Å². The number of rotatable bonds is 5. The summed E-state index contributed by atoms with van der Waals surface area (Å²) in [5.74, 6) is -0.350. The van der Waals surface area contributed by atoms with E-state index in [4.69, 9.17) is 9.84 Å². The van der Waals surface area contributed by atoms with Crippen LogP contribution in [0.3, 0.4) is 0 Å². The number of benzene rings is 1. The molecule has 1 unspecified atom stereocenters. The Morgan fingerprint density at radius 1 is 1.53 bits per heavy atom. The minimum absolute atomic E-state index is 0.0219. The molecule has 1 aromatic carbocycles. The minimum Gasteiger partial charge on any atom is -0.396 e. The van der Waals surface area contributed by atoms with E-state index in [2.05, 4.69) is 0 Å². The molecule has 82 valence electrons. The van der Waals surface area contributed by atoms with Crippen molar-refractivity contribution in [3.63, 3.8) is 0 Å². The molecule has 0 aliphatic heterocycles. The normalized spacial score (nSPS) is 12.4. The fraction of sp³-hybridized carbons (Fsp3) is 0.400. The zero-order valence-electron chi connectivity index (χ0n) is 8.42. The molecule has 0 saturated carbocycles. The summed E-state index contributed by atoms with van der Waals surface area (Å²) in [6.45, 7) is 0.0973. The Balaban J connectivity index is 3.04. The highest BCUT2D eigenvalue weighted by molar-refractivity contribution is 5.42. The number of hydrogen-bond acceptors (Lipinski definition) is 4. The first kappa shape index (κ1) is 11.6. The van der Waals surface area contributed by atoms with Gasteiger partial charge in [-0.3, -0.25) is 10.1 Å². The van der Waals surface area contributed by atoms with Crippen LogP contribution < -0.4 is 0 Å². The van der Waals surface area contributed by atoms with Crippen LogP contribution in [0.25, 0.3) is 0 Å². The van der Waals surface area contributed by atoms with E-state index in [1.165, 1.54) is 13.2 Å². The third-order valence-corrected chi connectivity index (χ3v) is 2.16. The topological polar surface area (TPSA) is 72.6 Å². The molecule has 0 radical (unpaired) electrons. The van der Waals surface area contributed by atoms with Gasteiger partial charge in [0.15, 0.2) is 0 Å². The Bertz CT molecular complexity index is 340. The molecule has 0 aliphatic rings. The maximum absolute atomic E-state index is 10.7. The lowest BCUT2D eigenvalue weighted by Gasteiger charge is -2.13. The summed E-state index contributed by atoms with van der Waals surface area (Å²) in [7, 11) is 1.50. The average Bonchev–Trinajstić information content (AvgIpc) is 2.26. The highest BCUT2D eigenvalue weighted by Gasteiger charge is 2.20. The number of aliphatic hydroxyl groups is 1. The Morgan fingerprint density at radius 3 is 2.73 bits per heavy atom. The Hall–Kier alpha value is -1.46. The zero-order chi connectivity index (χ0) is 11.3. The second kappa shape index (κ2) is 5.43. The van der Waals surface area contributed by atoms with Gasteiger partial charge in [-0.1, -0.05) is 18.2 Å². The van der Waals surface area contributed by atoms with Crippen LogP contribution in [0.1, 0.15) is 11.5 Å². The molecule has 5 nitrogen and oxygen atoms in total. The van der Waals surface area contributed by atoms with Crippen molar-refractivity contribution in [2.24, 2.45) is 0 Å². The van der Waals surface area contributed by atoms with Gasteiger partial charge in [-0.05, 0) is 0 Å². The number of ether oxygens (including phenoxy) is 1. The van der Waals surface area contributed by atoms with Crippen LogP contribution in [0, 0.1) is 10.1 Å². The lowest BCUT2D eigenvalue weighted by atomic mass is 9.99. The second-order valence-electron chi connectivity index (χ2n) is 3.15. The second-order valence-corrected chi connectivity index (χ2v) is 3.15. The molecule has 1 rings (SSSR count). The molecule has 0 saturated heterocycles. The summed E-state index contributed by atoms with van der Waals surface area (Å²) in [4.78, 5) is 10.3. The quantitative estimate of drug-likeness (QED) is 0.588. The van der Waals surface area contributed by atoms with Crippen LogP contribution in [-0.2, 0) is 4.74 Å². The molecule has 0 fully saturated rings. The van der Waals surface area contributed by atoms with Crippen molar-refractivity contribution in [3.05, 3.63) is 39.9 Å². The van der Waals surface area contributed by atoms with Crippen LogP contribution in [0.5, 0.6) is 0 Å². The van der Waals surface area contributed by atoms with E-state index in [0.29, 0.717) is 5.56 Å². The van der Waals surface area contributed by atoms with E-state index in [-0.39, 0.29) is 24.8 Å². The van der Waals surface area contributed by atoms with E-state index in [0.717, 1.165) is 0 Å². The first-order valence-electron chi connectivity index (χ1n) is 4.53. The molecule has 15 heavy (non-hydrogen) atoms. The summed E-state index contributed by atoms with van der Waals surface area (Å²) in [6.07, 6.45) is 0. The van der Waals surface area contributed by atoms with Crippen molar-refractivity contribution >= 4 is 5.69 Å². The third-order valence-electron chi connectivity index (χ3n) is 2.16. The lowest BCUT2D eigenvalue weighted by Crippen LogP contribution is -2.12. The van der Waals surface area contributed by atoms with Gasteiger partial charge in [-0.15, -0.1) is 0 Å². The van der Waals surface area contributed by atoms with E-state index in [9.17, 15) is 10.1 Å². The predicted molar refractivity (Wildman–Crippen MR) is 54.8 cm³/mol. The van der Waals surface area contributed by atoms with Gasteiger partial charge in [-0.25, -0.2) is 0 Å². The van der Waals surface area contributed by atoms with E-state index < -0.39 is 4.92 Å². The van der Waals surface area contributed by atoms with Gasteiger partial charge < -0.3 is 9.84 Å². The molecule has 1 aromatic rings. The SMILES string of the molecule is COCC(CO)c1ccccc1[N+](=O)[O-]. The summed E-state index contributed by atoms with van der Waals surface area (Å²) >= 11 is 0. The molecule has 0 aliphatic carbocycles. The largest absolute Gasteiger partial charge is 0.396 e. The van der Waals surface area contributed by atoms with Crippen molar-refractivity contribution in [2.75, 3.05) is 20.3 Å². The number of hydrogen-bond donors (Lipinski definition) is 1. The van der Waals surface area contributed by atoms with E-state index in [1.807, 2.05) is 0 Å². The highest BCUT2D eigenvalue weighted by atomic mass is 16.6. The maximum Gasteiger partial charge on any atom is 0.273 e. The number of nitro benzene ring substituents is 1. The monoisotopic (exact) mass is 211 g/mol. The summed E-state index contributed by atoms with van der Waals surface area (Å²) in [5, 5.41) is 19.8. The Kier molecular flexibility index (Phi) is 4.20. The first-order valence-corrected chi connectivity index (χ1v) is 4.53. The molecular weight excluding hydrogens is 198 g/mol. The molecule has 0 amide bonds. The zero-order valence-corrected chi connectivity index (χ0v) is 8.42. The maximum atomic E-state index is 10.7. The van der Waals surface area contributed by atoms with Crippen molar-refractivity contribution < 1.29 is 14.8 Å². The van der Waals surface area contributed by atoms with Gasteiger partial charge in [0.25, 0.3) is 5.69 Å². The number of methoxy groups -OCH3 is 1. The van der Waals surface area contributed by atoms with Gasteiger partial charge in [0.05, 0.1) is 18.1 Å². The van der Waals surface area contributed by atoms with Crippen LogP contribution in [0.4, 0.5) is 5.69 Å². The number of nitro groups is 1. The van der Waals surface area contributed by atoms with Crippen molar-refractivity contribution in [3.8, 4) is 0 Å². The number of para-hydroxylation sites is 1. The van der Waals surface area contributed by atoms with Gasteiger partial charge in [0.2, 0.25) is 0 Å². The molecular formula is C10H13NO4. The van der Waals surface area contributed by atoms with E-state index in [1.54, 1.807) is 18.2 Å². The Labute approximate surface area is 87.5 Å². The molecule has 0 aromatic heterocycles. The molecule has 1 atom stereocenters. The Morgan fingerprint density at radius 2 is 2.20 bits per heavy atom. The molecule has 0 spiro atoms. The molecule has 5 heteroatoms. The van der Waals surface area contributed by atoms with Crippen LogP contribution >= 0.6 is 0 Å². The summed E-state index contributed by atoms with van der Waals surface area (Å²) in [6, 6.07) is 6.37. The highest BCUT2D eigenvalue weighted by Crippen LogP contribution is 2.26. The smallest absolute Gasteiger partial charge is 0.273 e. The lowest BCUT2D eigenvalue weighted by molar-refractivity contribution is -0.385. The van der Waals surface area contributed by atoms with Crippen LogP contribution in [0.15, 0.2) is 24.3 Å². The van der Waals surface area contributed by atoms with Crippen molar-refractivity contribution in [1.82, 2.24) is 0 Å². The van der Waals surface area contributed by atoms with Crippen molar-refractivity contribution in [1.29, 1.82) is 0 Å². The fourth-order valence-corrected chi connectivity index (χ4v) is 1.44. The summed E-state index contributed by atoms with van der Waals surface area (Å²) in [5.41, 5.74) is 0.528. The van der Waals surface area contributed by atoms with Crippen LogP contribution in [-0.4, -0.2) is 30.4 Å². The summed E-state index contributed by atoms with van der Waals surface area (Å²) < 4.78 is 4.90. The fourth-order valence-electron chi connectivity index (χ4n) is 1.44. The molecule has 0 heterocycles.